The number of halogens is 7. The molecule has 0 saturated heterocycles. The third-order valence-corrected chi connectivity index (χ3v) is 6.37. The summed E-state index contributed by atoms with van der Waals surface area (Å²) in [5.41, 5.74) is -1.39. The monoisotopic (exact) mass is 532 g/mol. The number of rotatable bonds is 5. The van der Waals surface area contributed by atoms with E-state index in [-0.39, 0.29) is 16.3 Å². The topological polar surface area (TPSA) is 75.5 Å². The van der Waals surface area contributed by atoms with Gasteiger partial charge in [-0.3, -0.25) is 9.99 Å². The van der Waals surface area contributed by atoms with E-state index in [0.29, 0.717) is 16.6 Å². The van der Waals surface area contributed by atoms with E-state index in [1.807, 2.05) is 0 Å². The summed E-state index contributed by atoms with van der Waals surface area (Å²) >= 11 is 0. The van der Waals surface area contributed by atoms with Crippen LogP contribution in [0.4, 0.5) is 36.4 Å². The van der Waals surface area contributed by atoms with Crippen molar-refractivity contribution in [2.45, 2.75) is 29.6 Å². The molecule has 3 aromatic rings. The van der Waals surface area contributed by atoms with Crippen molar-refractivity contribution >= 4 is 21.2 Å². The van der Waals surface area contributed by atoms with E-state index in [1.165, 1.54) is 36.7 Å². The molecule has 0 spiro atoms. The summed E-state index contributed by atoms with van der Waals surface area (Å²) in [5.74, 6) is -7.49. The Balaban J connectivity index is 1.77. The van der Waals surface area contributed by atoms with Crippen molar-refractivity contribution < 1.29 is 39.2 Å². The average Bonchev–Trinajstić information content (AvgIpc) is 3.24. The quantitative estimate of drug-likeness (QED) is 0.416. The van der Waals surface area contributed by atoms with Crippen molar-refractivity contribution in [2.75, 3.05) is 11.3 Å². The number of anilines is 1. The fraction of sp³-hybridized carbons (Fsp3) is 0.227. The Labute approximate surface area is 200 Å². The van der Waals surface area contributed by atoms with Crippen LogP contribution in [0.3, 0.4) is 0 Å². The molecule has 0 N–H and O–H groups in total. The molecule has 0 aliphatic carbocycles. The Morgan fingerprint density at radius 2 is 1.69 bits per heavy atom. The number of nitrogens with zero attached hydrogens (tertiary/aromatic N) is 4. The number of hydrogen-bond donors (Lipinski definition) is 0. The summed E-state index contributed by atoms with van der Waals surface area (Å²) < 4.78 is 119. The molecule has 0 saturated carbocycles. The molecule has 4 rings (SSSR count). The number of pyridine rings is 2. The van der Waals surface area contributed by atoms with Gasteiger partial charge >= 0.3 is 12.1 Å². The van der Waals surface area contributed by atoms with E-state index < -0.39 is 57.4 Å². The lowest BCUT2D eigenvalue weighted by Crippen LogP contribution is -2.43. The summed E-state index contributed by atoms with van der Waals surface area (Å²) in [6.07, 6.45) is -3.45. The maximum Gasteiger partial charge on any atom is 0.459 e. The zero-order chi connectivity index (χ0) is 26.5. The average molecular weight is 532 g/mol. The number of alkyl halides is 5. The minimum absolute atomic E-state index is 0.146. The molecule has 190 valence electrons. The molecule has 1 atom stereocenters. The first-order chi connectivity index (χ1) is 16.7. The summed E-state index contributed by atoms with van der Waals surface area (Å²) in [6, 6.07) is 6.11. The van der Waals surface area contributed by atoms with Crippen LogP contribution in [0.5, 0.6) is 0 Å². The second-order valence-corrected chi connectivity index (χ2v) is 9.87. The van der Waals surface area contributed by atoms with Gasteiger partial charge in [-0.15, -0.1) is 0 Å². The van der Waals surface area contributed by atoms with Gasteiger partial charge in [-0.2, -0.15) is 27.1 Å². The van der Waals surface area contributed by atoms with E-state index >= 15 is 0 Å². The Hall–Kier alpha value is -3.55. The predicted octanol–water partition coefficient (Wildman–Crippen LogP) is 5.33. The molecule has 3 heterocycles. The van der Waals surface area contributed by atoms with Gasteiger partial charge < -0.3 is 0 Å². The van der Waals surface area contributed by atoms with Crippen molar-refractivity contribution in [1.82, 2.24) is 9.97 Å². The zero-order valence-electron chi connectivity index (χ0n) is 18.1. The van der Waals surface area contributed by atoms with Crippen molar-refractivity contribution in [2.24, 2.45) is 5.10 Å². The Bertz CT molecular complexity index is 1440. The highest BCUT2D eigenvalue weighted by Crippen LogP contribution is 2.45. The van der Waals surface area contributed by atoms with Gasteiger partial charge in [-0.05, 0) is 42.0 Å². The van der Waals surface area contributed by atoms with Crippen LogP contribution in [0, 0.1) is 11.6 Å². The minimum atomic E-state index is -5.94. The highest BCUT2D eigenvalue weighted by Gasteiger charge is 2.63. The fourth-order valence-corrected chi connectivity index (χ4v) is 4.14. The molecule has 2 aromatic heterocycles. The van der Waals surface area contributed by atoms with Gasteiger partial charge in [0.25, 0.3) is 0 Å². The van der Waals surface area contributed by atoms with Crippen LogP contribution in [0.15, 0.2) is 65.0 Å². The second-order valence-electron chi connectivity index (χ2n) is 7.91. The molecule has 1 aliphatic heterocycles. The molecule has 0 amide bonds. The number of hydrogen-bond acceptors (Lipinski definition) is 6. The third-order valence-electron chi connectivity index (χ3n) is 5.37. The SMILES string of the molecule is CS(=O)(=O)c1ccc(-c2cc(C3CC(C(F)(F)C(F)(F)F)=NN3c3ccc(F)cc3F)ccn2)cn1. The molecule has 0 fully saturated rings. The van der Waals surface area contributed by atoms with E-state index in [1.54, 1.807) is 0 Å². The second kappa shape index (κ2) is 8.84. The minimum Gasteiger partial charge on any atom is -0.256 e. The van der Waals surface area contributed by atoms with Gasteiger partial charge in [0.05, 0.1) is 17.4 Å². The predicted molar refractivity (Wildman–Crippen MR) is 115 cm³/mol. The Kier molecular flexibility index (Phi) is 6.27. The Morgan fingerprint density at radius 1 is 0.972 bits per heavy atom. The van der Waals surface area contributed by atoms with Gasteiger partial charge in [-0.25, -0.2) is 22.2 Å². The van der Waals surface area contributed by atoms with Crippen LogP contribution < -0.4 is 5.01 Å². The first-order valence-corrected chi connectivity index (χ1v) is 12.0. The van der Waals surface area contributed by atoms with Crippen LogP contribution >= 0.6 is 0 Å². The molecule has 36 heavy (non-hydrogen) atoms. The summed E-state index contributed by atoms with van der Waals surface area (Å²) in [7, 11) is -3.58. The van der Waals surface area contributed by atoms with Gasteiger partial charge in [0.1, 0.15) is 11.5 Å². The molecule has 1 aliphatic rings. The number of aromatic nitrogens is 2. The normalized spacial score (nSPS) is 16.8. The van der Waals surface area contributed by atoms with E-state index in [9.17, 15) is 39.2 Å². The van der Waals surface area contributed by atoms with Crippen LogP contribution in [0.1, 0.15) is 18.0 Å². The summed E-state index contributed by atoms with van der Waals surface area (Å²) in [4.78, 5) is 7.95. The molecular formula is C22H15F7N4O2S. The lowest BCUT2D eigenvalue weighted by molar-refractivity contribution is -0.249. The third kappa shape index (κ3) is 4.76. The van der Waals surface area contributed by atoms with Crippen LogP contribution in [-0.2, 0) is 9.84 Å². The maximum absolute atomic E-state index is 14.5. The van der Waals surface area contributed by atoms with Crippen molar-refractivity contribution in [3.63, 3.8) is 0 Å². The van der Waals surface area contributed by atoms with Crippen LogP contribution in [-0.4, -0.2) is 42.5 Å². The molecular weight excluding hydrogens is 517 g/mol. The molecule has 0 radical (unpaired) electrons. The van der Waals surface area contributed by atoms with Crippen molar-refractivity contribution in [3.8, 4) is 11.3 Å². The van der Waals surface area contributed by atoms with Gasteiger partial charge in [0, 0.05) is 36.7 Å². The molecule has 14 heteroatoms. The van der Waals surface area contributed by atoms with Crippen molar-refractivity contribution in [1.29, 1.82) is 0 Å². The van der Waals surface area contributed by atoms with E-state index in [4.69, 9.17) is 0 Å². The first-order valence-electron chi connectivity index (χ1n) is 10.1. The van der Waals surface area contributed by atoms with Gasteiger partial charge in [0.2, 0.25) is 0 Å². The van der Waals surface area contributed by atoms with E-state index in [0.717, 1.165) is 18.4 Å². The smallest absolute Gasteiger partial charge is 0.256 e. The molecule has 0 bridgehead atoms. The molecule has 6 nitrogen and oxygen atoms in total. The lowest BCUT2D eigenvalue weighted by Gasteiger charge is -2.24. The molecule has 1 unspecified atom stereocenters. The Morgan fingerprint density at radius 3 is 2.28 bits per heavy atom. The number of sulfone groups is 1. The van der Waals surface area contributed by atoms with Gasteiger partial charge in [-0.1, -0.05) is 0 Å². The fourth-order valence-electron chi connectivity index (χ4n) is 3.58. The lowest BCUT2D eigenvalue weighted by atomic mass is 9.98. The van der Waals surface area contributed by atoms with E-state index in [2.05, 4.69) is 15.1 Å². The first kappa shape index (κ1) is 25.5. The zero-order valence-corrected chi connectivity index (χ0v) is 19.0. The number of benzene rings is 1. The molecule has 1 aromatic carbocycles. The summed E-state index contributed by atoms with van der Waals surface area (Å²) in [5, 5.41) is 3.85. The largest absolute Gasteiger partial charge is 0.459 e. The maximum atomic E-state index is 14.5. The van der Waals surface area contributed by atoms with Crippen molar-refractivity contribution in [3.05, 3.63) is 72.1 Å². The van der Waals surface area contributed by atoms with Gasteiger partial charge in [0.15, 0.2) is 20.7 Å². The summed E-state index contributed by atoms with van der Waals surface area (Å²) in [6.45, 7) is 0. The van der Waals surface area contributed by atoms with Crippen LogP contribution in [0.2, 0.25) is 0 Å². The standard InChI is InChI=1S/C22H15F7N4O2S/c1-36(34,35)20-5-2-13(11-31-20)16-8-12(6-7-30-16)18-10-19(21(25,26)22(27,28)29)32-33(18)17-4-3-14(23)9-15(17)24/h2-9,11,18H,10H2,1H3. The van der Waals surface area contributed by atoms with Crippen LogP contribution in [0.25, 0.3) is 11.3 Å². The highest BCUT2D eigenvalue weighted by atomic mass is 32.2. The number of hydrazone groups is 1. The highest BCUT2D eigenvalue weighted by molar-refractivity contribution is 7.90.